The Morgan fingerprint density at radius 3 is 2.22 bits per heavy atom. The smallest absolute Gasteiger partial charge is 0.255 e. The molecule has 0 unspecified atom stereocenters. The van der Waals surface area contributed by atoms with Crippen LogP contribution in [0.4, 0.5) is 5.69 Å². The molecule has 3 N–H and O–H groups in total. The summed E-state index contributed by atoms with van der Waals surface area (Å²) < 4.78 is 26.7. The molecule has 0 aliphatic carbocycles. The first-order valence-electron chi connectivity index (χ1n) is 8.23. The number of sulfonamides is 1. The van der Waals surface area contributed by atoms with E-state index in [-0.39, 0.29) is 28.2 Å². The van der Waals surface area contributed by atoms with Gasteiger partial charge in [0.05, 0.1) is 5.02 Å². The molecule has 0 aromatic heterocycles. The molecule has 148 valence electrons. The van der Waals surface area contributed by atoms with Crippen LogP contribution in [0.5, 0.6) is 0 Å². The average Bonchev–Trinajstić information content (AvgIpc) is 2.64. The third-order valence-corrected chi connectivity index (χ3v) is 6.50. The first-order chi connectivity index (χ1) is 12.3. The van der Waals surface area contributed by atoms with Crippen molar-refractivity contribution in [3.63, 3.8) is 0 Å². The van der Waals surface area contributed by atoms with E-state index in [4.69, 9.17) is 17.3 Å². The molecule has 0 bridgehead atoms. The Balaban J connectivity index is 0.00000364. The van der Waals surface area contributed by atoms with Gasteiger partial charge in [0, 0.05) is 30.9 Å². The molecule has 6 nitrogen and oxygen atoms in total. The van der Waals surface area contributed by atoms with E-state index in [1.165, 1.54) is 16.4 Å². The Kier molecular flexibility index (Phi) is 8.71. The molecule has 0 saturated heterocycles. The van der Waals surface area contributed by atoms with Gasteiger partial charge in [0.15, 0.2) is 0 Å². The second-order valence-electron chi connectivity index (χ2n) is 5.59. The third kappa shape index (κ3) is 5.43. The van der Waals surface area contributed by atoms with Gasteiger partial charge in [0.25, 0.3) is 5.91 Å². The van der Waals surface area contributed by atoms with Crippen LogP contribution in [0.15, 0.2) is 47.4 Å². The third-order valence-electron chi connectivity index (χ3n) is 3.96. The number of benzene rings is 2. The number of carbonyl (C=O) groups is 1. The standard InChI is InChI=1S/C18H22ClN3O3S.ClH/c1-3-22(4-2)26(24,25)17-11-15(9-10-16(17)19)21-18(23)14-7-5-13(12-20)6-8-14;/h5-11H,3-4,12,20H2,1-2H3,(H,21,23);1H. The lowest BCUT2D eigenvalue weighted by molar-refractivity contribution is 0.102. The number of nitrogens with zero attached hydrogens (tertiary/aromatic N) is 1. The normalized spacial score (nSPS) is 11.1. The summed E-state index contributed by atoms with van der Waals surface area (Å²) in [5.74, 6) is -0.345. The van der Waals surface area contributed by atoms with Crippen molar-refractivity contribution in [2.75, 3.05) is 18.4 Å². The lowest BCUT2D eigenvalue weighted by Gasteiger charge is -2.19. The van der Waals surface area contributed by atoms with Crippen LogP contribution < -0.4 is 11.1 Å². The van der Waals surface area contributed by atoms with Crippen LogP contribution in [0.3, 0.4) is 0 Å². The molecule has 0 aliphatic heterocycles. The minimum absolute atomic E-state index is 0. The lowest BCUT2D eigenvalue weighted by atomic mass is 10.1. The van der Waals surface area contributed by atoms with Gasteiger partial charge in [0.2, 0.25) is 10.0 Å². The number of anilines is 1. The highest BCUT2D eigenvalue weighted by Crippen LogP contribution is 2.28. The number of hydrogen-bond acceptors (Lipinski definition) is 4. The zero-order valence-electron chi connectivity index (χ0n) is 15.1. The summed E-state index contributed by atoms with van der Waals surface area (Å²) in [5, 5.41) is 2.81. The van der Waals surface area contributed by atoms with Crippen LogP contribution in [0, 0.1) is 0 Å². The second-order valence-corrected chi connectivity index (χ2v) is 7.90. The Bertz CT molecular complexity index is 883. The molecular weight excluding hydrogens is 409 g/mol. The molecule has 0 spiro atoms. The summed E-state index contributed by atoms with van der Waals surface area (Å²) in [7, 11) is -3.73. The van der Waals surface area contributed by atoms with Gasteiger partial charge >= 0.3 is 0 Å². The van der Waals surface area contributed by atoms with Crippen molar-refractivity contribution in [1.82, 2.24) is 4.31 Å². The summed E-state index contributed by atoms with van der Waals surface area (Å²) in [5.41, 5.74) is 7.27. The summed E-state index contributed by atoms with van der Waals surface area (Å²) in [6.45, 7) is 4.57. The summed E-state index contributed by atoms with van der Waals surface area (Å²) in [6, 6.07) is 11.3. The Labute approximate surface area is 171 Å². The Hall–Kier alpha value is -1.64. The van der Waals surface area contributed by atoms with E-state index in [0.717, 1.165) is 5.56 Å². The maximum absolute atomic E-state index is 12.7. The molecule has 0 atom stereocenters. The fourth-order valence-electron chi connectivity index (χ4n) is 2.48. The van der Waals surface area contributed by atoms with Crippen molar-refractivity contribution in [3.8, 4) is 0 Å². The van der Waals surface area contributed by atoms with Gasteiger partial charge in [-0.3, -0.25) is 4.79 Å². The van der Waals surface area contributed by atoms with Crippen molar-refractivity contribution >= 4 is 45.6 Å². The molecule has 1 amide bonds. The highest BCUT2D eigenvalue weighted by atomic mass is 35.5. The van der Waals surface area contributed by atoms with E-state index in [0.29, 0.717) is 30.9 Å². The number of nitrogens with one attached hydrogen (secondary N) is 1. The maximum Gasteiger partial charge on any atom is 0.255 e. The van der Waals surface area contributed by atoms with Gasteiger partial charge in [-0.15, -0.1) is 12.4 Å². The minimum Gasteiger partial charge on any atom is -0.326 e. The van der Waals surface area contributed by atoms with Crippen molar-refractivity contribution in [2.45, 2.75) is 25.3 Å². The number of carbonyl (C=O) groups excluding carboxylic acids is 1. The van der Waals surface area contributed by atoms with Crippen molar-refractivity contribution in [1.29, 1.82) is 0 Å². The van der Waals surface area contributed by atoms with Gasteiger partial charge in [-0.05, 0) is 35.9 Å². The zero-order chi connectivity index (χ0) is 19.3. The molecule has 0 saturated carbocycles. The zero-order valence-corrected chi connectivity index (χ0v) is 17.5. The van der Waals surface area contributed by atoms with E-state index in [2.05, 4.69) is 5.32 Å². The molecule has 2 aromatic rings. The van der Waals surface area contributed by atoms with Crippen molar-refractivity contribution in [2.24, 2.45) is 5.73 Å². The van der Waals surface area contributed by atoms with E-state index in [9.17, 15) is 13.2 Å². The van der Waals surface area contributed by atoms with Crippen LogP contribution >= 0.6 is 24.0 Å². The maximum atomic E-state index is 12.7. The number of hydrogen-bond donors (Lipinski definition) is 2. The number of rotatable bonds is 7. The fraction of sp³-hybridized carbons (Fsp3) is 0.278. The number of halogens is 2. The number of nitrogens with two attached hydrogens (primary N) is 1. The predicted octanol–water partition coefficient (Wildman–Crippen LogP) is 3.50. The molecule has 9 heteroatoms. The van der Waals surface area contributed by atoms with Gasteiger partial charge in [0.1, 0.15) is 4.90 Å². The highest BCUT2D eigenvalue weighted by Gasteiger charge is 2.25. The topological polar surface area (TPSA) is 92.5 Å². The second kappa shape index (κ2) is 10.1. The number of amides is 1. The first kappa shape index (κ1) is 23.4. The monoisotopic (exact) mass is 431 g/mol. The predicted molar refractivity (Wildman–Crippen MR) is 111 cm³/mol. The largest absolute Gasteiger partial charge is 0.326 e. The van der Waals surface area contributed by atoms with Gasteiger partial charge < -0.3 is 11.1 Å². The van der Waals surface area contributed by atoms with Crippen molar-refractivity contribution in [3.05, 3.63) is 58.6 Å². The highest BCUT2D eigenvalue weighted by molar-refractivity contribution is 7.89. The van der Waals surface area contributed by atoms with Gasteiger partial charge in [-0.25, -0.2) is 8.42 Å². The van der Waals surface area contributed by atoms with Gasteiger partial charge in [-0.1, -0.05) is 37.6 Å². The molecule has 0 radical (unpaired) electrons. The first-order valence-corrected chi connectivity index (χ1v) is 10.0. The average molecular weight is 432 g/mol. The van der Waals surface area contributed by atoms with E-state index < -0.39 is 10.0 Å². The lowest BCUT2D eigenvalue weighted by Crippen LogP contribution is -2.30. The summed E-state index contributed by atoms with van der Waals surface area (Å²) in [6.07, 6.45) is 0. The van der Waals surface area contributed by atoms with Crippen LogP contribution in [0.25, 0.3) is 0 Å². The molecule has 2 rings (SSSR count). The summed E-state index contributed by atoms with van der Waals surface area (Å²) in [4.78, 5) is 12.3. The Morgan fingerprint density at radius 1 is 1.11 bits per heavy atom. The van der Waals surface area contributed by atoms with Crippen LogP contribution in [-0.4, -0.2) is 31.7 Å². The SMILES string of the molecule is CCN(CC)S(=O)(=O)c1cc(NC(=O)c2ccc(CN)cc2)ccc1Cl.Cl. The molecule has 0 heterocycles. The van der Waals surface area contributed by atoms with E-state index in [1.54, 1.807) is 44.2 Å². The molecule has 0 fully saturated rings. The van der Waals surface area contributed by atoms with E-state index >= 15 is 0 Å². The molecule has 0 aliphatic rings. The fourth-order valence-corrected chi connectivity index (χ4v) is 4.44. The van der Waals surface area contributed by atoms with Crippen molar-refractivity contribution < 1.29 is 13.2 Å². The van der Waals surface area contributed by atoms with E-state index in [1.807, 2.05) is 0 Å². The van der Waals surface area contributed by atoms with Gasteiger partial charge in [-0.2, -0.15) is 4.31 Å². The Morgan fingerprint density at radius 2 is 1.70 bits per heavy atom. The molecule has 27 heavy (non-hydrogen) atoms. The molecular formula is C18H23Cl2N3O3S. The minimum atomic E-state index is -3.73. The van der Waals surface area contributed by atoms with Crippen LogP contribution in [0.2, 0.25) is 5.02 Å². The summed E-state index contributed by atoms with van der Waals surface area (Å²) >= 11 is 6.10. The molecule has 2 aromatic carbocycles. The van der Waals surface area contributed by atoms with Crippen LogP contribution in [-0.2, 0) is 16.6 Å². The quantitative estimate of drug-likeness (QED) is 0.701. The van der Waals surface area contributed by atoms with Crippen LogP contribution in [0.1, 0.15) is 29.8 Å².